The maximum atomic E-state index is 12.1. The normalized spacial score (nSPS) is 10.9. The molecule has 0 aliphatic carbocycles. The molecule has 0 aliphatic heterocycles. The molecule has 3 aromatic rings. The molecular weight excluding hydrogens is 302 g/mol. The van der Waals surface area contributed by atoms with Crippen LogP contribution in [0, 0.1) is 0 Å². The number of rotatable bonds is 7. The van der Waals surface area contributed by atoms with Gasteiger partial charge in [-0.3, -0.25) is 9.78 Å². The molecule has 0 saturated carbocycles. The van der Waals surface area contributed by atoms with E-state index in [1.54, 1.807) is 31.6 Å². The second-order valence-corrected chi connectivity index (χ2v) is 5.64. The van der Waals surface area contributed by atoms with E-state index >= 15 is 0 Å². The third-order valence-corrected chi connectivity index (χ3v) is 3.99. The fourth-order valence-electron chi connectivity index (χ4n) is 2.80. The van der Waals surface area contributed by atoms with Crippen molar-refractivity contribution >= 4 is 22.5 Å². The zero-order valence-electron chi connectivity index (χ0n) is 13.7. The number of aromatic nitrogens is 2. The third-order valence-electron chi connectivity index (χ3n) is 3.99. The number of hydrogen-bond donors (Lipinski definition) is 1. The van der Waals surface area contributed by atoms with Gasteiger partial charge < -0.3 is 14.6 Å². The van der Waals surface area contributed by atoms with E-state index in [1.807, 2.05) is 12.1 Å². The number of nitrogens with zero attached hydrogens (tertiary/aromatic N) is 2. The summed E-state index contributed by atoms with van der Waals surface area (Å²) in [7, 11) is 1.70. The number of aryl methyl sites for hydroxylation is 1. The number of methoxy groups -OCH3 is 1. The number of pyridine rings is 1. The fourth-order valence-corrected chi connectivity index (χ4v) is 2.80. The van der Waals surface area contributed by atoms with Crippen molar-refractivity contribution in [2.75, 3.05) is 19.0 Å². The first-order valence-electron chi connectivity index (χ1n) is 8.03. The Morgan fingerprint density at radius 3 is 2.79 bits per heavy atom. The molecule has 2 heterocycles. The van der Waals surface area contributed by atoms with Gasteiger partial charge in [-0.05, 0) is 30.2 Å². The molecule has 0 aliphatic rings. The SMILES string of the molecule is COCCn1cc(CCC(=O)Nc2ccncc2)c2ccccc21. The van der Waals surface area contributed by atoms with E-state index in [4.69, 9.17) is 4.74 Å². The van der Waals surface area contributed by atoms with Crippen LogP contribution in [0.1, 0.15) is 12.0 Å². The van der Waals surface area contributed by atoms with Gasteiger partial charge in [-0.2, -0.15) is 0 Å². The lowest BCUT2D eigenvalue weighted by Gasteiger charge is -2.04. The Morgan fingerprint density at radius 1 is 1.21 bits per heavy atom. The zero-order valence-corrected chi connectivity index (χ0v) is 13.7. The Kier molecular flexibility index (Phi) is 5.23. The summed E-state index contributed by atoms with van der Waals surface area (Å²) < 4.78 is 7.37. The van der Waals surface area contributed by atoms with Gasteiger partial charge >= 0.3 is 0 Å². The van der Waals surface area contributed by atoms with Gasteiger partial charge in [0.2, 0.25) is 5.91 Å². The molecule has 2 aromatic heterocycles. The second kappa shape index (κ2) is 7.75. The van der Waals surface area contributed by atoms with E-state index in [2.05, 4.69) is 33.2 Å². The van der Waals surface area contributed by atoms with Gasteiger partial charge in [-0.1, -0.05) is 18.2 Å². The van der Waals surface area contributed by atoms with E-state index < -0.39 is 0 Å². The van der Waals surface area contributed by atoms with Crippen LogP contribution in [0.4, 0.5) is 5.69 Å². The molecule has 0 bridgehead atoms. The minimum absolute atomic E-state index is 0.00919. The van der Waals surface area contributed by atoms with Crippen molar-refractivity contribution in [3.8, 4) is 0 Å². The Balaban J connectivity index is 1.69. The predicted molar refractivity (Wildman–Crippen MR) is 95.0 cm³/mol. The lowest BCUT2D eigenvalue weighted by Crippen LogP contribution is -2.12. The Hall–Kier alpha value is -2.66. The van der Waals surface area contributed by atoms with Crippen LogP contribution in [0.3, 0.4) is 0 Å². The maximum absolute atomic E-state index is 12.1. The lowest BCUT2D eigenvalue weighted by atomic mass is 10.1. The van der Waals surface area contributed by atoms with E-state index in [1.165, 1.54) is 16.5 Å². The minimum atomic E-state index is 0.00919. The molecule has 1 N–H and O–H groups in total. The molecule has 0 unspecified atom stereocenters. The topological polar surface area (TPSA) is 56.1 Å². The number of hydrogen-bond acceptors (Lipinski definition) is 3. The fraction of sp³-hybridized carbons (Fsp3) is 0.263. The van der Waals surface area contributed by atoms with E-state index in [-0.39, 0.29) is 5.91 Å². The van der Waals surface area contributed by atoms with Gasteiger partial charge in [0.05, 0.1) is 6.61 Å². The van der Waals surface area contributed by atoms with Gasteiger partial charge in [0.15, 0.2) is 0 Å². The highest BCUT2D eigenvalue weighted by Crippen LogP contribution is 2.22. The van der Waals surface area contributed by atoms with Crippen molar-refractivity contribution in [1.82, 2.24) is 9.55 Å². The maximum Gasteiger partial charge on any atom is 0.224 e. The molecule has 5 heteroatoms. The number of carbonyl (C=O) groups excluding carboxylic acids is 1. The van der Waals surface area contributed by atoms with Crippen molar-refractivity contribution in [2.45, 2.75) is 19.4 Å². The van der Waals surface area contributed by atoms with Crippen LogP contribution in [0.15, 0.2) is 55.0 Å². The van der Waals surface area contributed by atoms with Gasteiger partial charge in [-0.25, -0.2) is 0 Å². The quantitative estimate of drug-likeness (QED) is 0.726. The molecule has 0 atom stereocenters. The lowest BCUT2D eigenvalue weighted by molar-refractivity contribution is -0.116. The van der Waals surface area contributed by atoms with Gasteiger partial charge in [0.25, 0.3) is 0 Å². The van der Waals surface area contributed by atoms with Crippen LogP contribution in [0.25, 0.3) is 10.9 Å². The van der Waals surface area contributed by atoms with E-state index in [9.17, 15) is 4.79 Å². The first-order chi connectivity index (χ1) is 11.8. The summed E-state index contributed by atoms with van der Waals surface area (Å²) in [6, 6.07) is 11.8. The van der Waals surface area contributed by atoms with Crippen LogP contribution in [-0.4, -0.2) is 29.2 Å². The Morgan fingerprint density at radius 2 is 2.00 bits per heavy atom. The molecule has 124 valence electrons. The summed E-state index contributed by atoms with van der Waals surface area (Å²) in [5.41, 5.74) is 3.14. The van der Waals surface area contributed by atoms with Gasteiger partial charge in [0, 0.05) is 55.3 Å². The number of ether oxygens (including phenoxy) is 1. The van der Waals surface area contributed by atoms with Crippen molar-refractivity contribution in [3.63, 3.8) is 0 Å². The summed E-state index contributed by atoms with van der Waals surface area (Å²) in [4.78, 5) is 16.1. The number of fused-ring (bicyclic) bond motifs is 1. The predicted octanol–water partition coefficient (Wildman–Crippen LogP) is 3.25. The number of anilines is 1. The molecule has 0 spiro atoms. The van der Waals surface area contributed by atoms with Crippen LogP contribution in [0.5, 0.6) is 0 Å². The van der Waals surface area contributed by atoms with Gasteiger partial charge in [0.1, 0.15) is 0 Å². The summed E-state index contributed by atoms with van der Waals surface area (Å²) in [6.45, 7) is 1.47. The zero-order chi connectivity index (χ0) is 16.8. The molecule has 24 heavy (non-hydrogen) atoms. The Bertz CT molecular complexity index is 812. The molecule has 0 fully saturated rings. The number of carbonyl (C=O) groups is 1. The van der Waals surface area contributed by atoms with Crippen molar-refractivity contribution in [2.24, 2.45) is 0 Å². The average molecular weight is 323 g/mol. The van der Waals surface area contributed by atoms with Crippen LogP contribution >= 0.6 is 0 Å². The first-order valence-corrected chi connectivity index (χ1v) is 8.03. The molecule has 1 aromatic carbocycles. The average Bonchev–Trinajstić information content (AvgIpc) is 2.97. The monoisotopic (exact) mass is 323 g/mol. The number of benzene rings is 1. The van der Waals surface area contributed by atoms with Crippen LogP contribution < -0.4 is 5.32 Å². The van der Waals surface area contributed by atoms with Crippen molar-refractivity contribution in [3.05, 3.63) is 60.6 Å². The number of nitrogens with one attached hydrogen (secondary N) is 1. The second-order valence-electron chi connectivity index (χ2n) is 5.64. The largest absolute Gasteiger partial charge is 0.383 e. The highest BCUT2D eigenvalue weighted by molar-refractivity contribution is 5.91. The molecule has 5 nitrogen and oxygen atoms in total. The summed E-state index contributed by atoms with van der Waals surface area (Å²) in [5.74, 6) is 0.00919. The Labute approximate surface area is 141 Å². The van der Waals surface area contributed by atoms with E-state index in [0.29, 0.717) is 19.4 Å². The smallest absolute Gasteiger partial charge is 0.224 e. The number of para-hydroxylation sites is 1. The summed E-state index contributed by atoms with van der Waals surface area (Å²) in [5, 5.41) is 4.09. The molecule has 3 rings (SSSR count). The standard InChI is InChI=1S/C19H21N3O2/c1-24-13-12-22-14-15(17-4-2-3-5-18(17)22)6-7-19(23)21-16-8-10-20-11-9-16/h2-5,8-11,14H,6-7,12-13H2,1H3,(H,20,21,23). The van der Waals surface area contributed by atoms with Crippen molar-refractivity contribution < 1.29 is 9.53 Å². The van der Waals surface area contributed by atoms with Gasteiger partial charge in [-0.15, -0.1) is 0 Å². The summed E-state index contributed by atoms with van der Waals surface area (Å²) >= 11 is 0. The number of amides is 1. The highest BCUT2D eigenvalue weighted by atomic mass is 16.5. The highest BCUT2D eigenvalue weighted by Gasteiger charge is 2.10. The molecule has 0 radical (unpaired) electrons. The molecule has 1 amide bonds. The van der Waals surface area contributed by atoms with Crippen molar-refractivity contribution in [1.29, 1.82) is 0 Å². The van der Waals surface area contributed by atoms with Crippen LogP contribution in [0.2, 0.25) is 0 Å². The molecule has 0 saturated heterocycles. The van der Waals surface area contributed by atoms with Crippen LogP contribution in [-0.2, 0) is 22.5 Å². The molecular formula is C19H21N3O2. The minimum Gasteiger partial charge on any atom is -0.383 e. The van der Waals surface area contributed by atoms with E-state index in [0.717, 1.165) is 12.2 Å². The summed E-state index contributed by atoms with van der Waals surface area (Å²) in [6.07, 6.45) is 6.61. The third kappa shape index (κ3) is 3.81. The first kappa shape index (κ1) is 16.2.